The maximum absolute atomic E-state index is 13.6. The highest BCUT2D eigenvalue weighted by molar-refractivity contribution is 6.08. The SMILES string of the molecule is COc1cccc2c(C(=O)N3CCN4CCCC[C@H]4C3)cn(CC3CCCCC3)c12.Cl. The van der Waals surface area contributed by atoms with E-state index in [-0.39, 0.29) is 18.3 Å². The number of ether oxygens (including phenoxy) is 1. The van der Waals surface area contributed by atoms with Crippen LogP contribution in [0.2, 0.25) is 0 Å². The van der Waals surface area contributed by atoms with Gasteiger partial charge in [-0.15, -0.1) is 12.4 Å². The number of piperidine rings is 1. The van der Waals surface area contributed by atoms with E-state index in [2.05, 4.69) is 26.6 Å². The van der Waals surface area contributed by atoms with Gasteiger partial charge in [-0.3, -0.25) is 9.69 Å². The molecule has 2 saturated heterocycles. The van der Waals surface area contributed by atoms with Gasteiger partial charge in [-0.2, -0.15) is 0 Å². The summed E-state index contributed by atoms with van der Waals surface area (Å²) in [6, 6.07) is 6.68. The molecule has 170 valence electrons. The summed E-state index contributed by atoms with van der Waals surface area (Å²) in [5.41, 5.74) is 1.94. The molecule has 1 aromatic heterocycles. The molecule has 1 amide bonds. The summed E-state index contributed by atoms with van der Waals surface area (Å²) < 4.78 is 8.03. The molecule has 5 rings (SSSR count). The zero-order valence-electron chi connectivity index (χ0n) is 18.7. The number of carbonyl (C=O) groups is 1. The molecule has 1 atom stereocenters. The molecular formula is C25H36ClN3O2. The Morgan fingerprint density at radius 3 is 2.65 bits per heavy atom. The second-order valence-electron chi connectivity index (χ2n) is 9.49. The normalized spacial score (nSPS) is 22.7. The van der Waals surface area contributed by atoms with Gasteiger partial charge in [0.25, 0.3) is 5.91 Å². The van der Waals surface area contributed by atoms with E-state index in [9.17, 15) is 4.79 Å². The lowest BCUT2D eigenvalue weighted by atomic mass is 9.89. The van der Waals surface area contributed by atoms with Crippen molar-refractivity contribution in [2.24, 2.45) is 5.92 Å². The van der Waals surface area contributed by atoms with Crippen LogP contribution in [0.25, 0.3) is 10.9 Å². The van der Waals surface area contributed by atoms with Crippen LogP contribution in [0.1, 0.15) is 61.7 Å². The molecule has 3 heterocycles. The average Bonchev–Trinajstić information content (AvgIpc) is 3.17. The van der Waals surface area contributed by atoms with Gasteiger partial charge in [-0.25, -0.2) is 0 Å². The minimum atomic E-state index is 0. The molecule has 0 bridgehead atoms. The molecule has 3 aliphatic rings. The Hall–Kier alpha value is -1.72. The molecule has 0 unspecified atom stereocenters. The van der Waals surface area contributed by atoms with Crippen molar-refractivity contribution in [3.63, 3.8) is 0 Å². The Balaban J connectivity index is 0.00000231. The Morgan fingerprint density at radius 2 is 1.84 bits per heavy atom. The van der Waals surface area contributed by atoms with Gasteiger partial charge >= 0.3 is 0 Å². The first-order valence-electron chi connectivity index (χ1n) is 11.9. The molecule has 1 aromatic carbocycles. The molecule has 0 N–H and O–H groups in total. The van der Waals surface area contributed by atoms with Crippen molar-refractivity contribution in [2.45, 2.75) is 64.0 Å². The van der Waals surface area contributed by atoms with E-state index in [0.29, 0.717) is 12.0 Å². The third-order valence-corrected chi connectivity index (χ3v) is 7.62. The molecule has 6 heteroatoms. The van der Waals surface area contributed by atoms with Crippen molar-refractivity contribution in [2.75, 3.05) is 33.3 Å². The lowest BCUT2D eigenvalue weighted by molar-refractivity contribution is 0.0374. The molecule has 1 aliphatic carbocycles. The predicted octanol–water partition coefficient (Wildman–Crippen LogP) is 4.96. The summed E-state index contributed by atoms with van der Waals surface area (Å²) in [7, 11) is 1.73. The van der Waals surface area contributed by atoms with Crippen LogP contribution >= 0.6 is 12.4 Å². The van der Waals surface area contributed by atoms with Crippen molar-refractivity contribution < 1.29 is 9.53 Å². The number of benzene rings is 1. The Labute approximate surface area is 192 Å². The molecule has 0 radical (unpaired) electrons. The first-order chi connectivity index (χ1) is 14.7. The van der Waals surface area contributed by atoms with Crippen molar-refractivity contribution in [3.05, 3.63) is 30.0 Å². The fraction of sp³-hybridized carbons (Fsp3) is 0.640. The van der Waals surface area contributed by atoms with E-state index in [1.54, 1.807) is 7.11 Å². The highest BCUT2D eigenvalue weighted by Gasteiger charge is 2.32. The number of methoxy groups -OCH3 is 1. The lowest BCUT2D eigenvalue weighted by Gasteiger charge is -2.44. The second-order valence-corrected chi connectivity index (χ2v) is 9.49. The molecule has 2 aliphatic heterocycles. The number of nitrogens with zero attached hydrogens (tertiary/aromatic N) is 3. The number of rotatable bonds is 4. The molecule has 5 nitrogen and oxygen atoms in total. The number of carbonyl (C=O) groups excluding carboxylic acids is 1. The first kappa shape index (κ1) is 22.5. The van der Waals surface area contributed by atoms with Gasteiger partial charge in [-0.05, 0) is 44.2 Å². The number of aromatic nitrogens is 1. The van der Waals surface area contributed by atoms with Gasteiger partial charge in [0.05, 0.1) is 18.2 Å². The predicted molar refractivity (Wildman–Crippen MR) is 127 cm³/mol. The van der Waals surface area contributed by atoms with Crippen molar-refractivity contribution in [1.82, 2.24) is 14.4 Å². The topological polar surface area (TPSA) is 37.7 Å². The monoisotopic (exact) mass is 445 g/mol. The maximum Gasteiger partial charge on any atom is 0.256 e. The number of halogens is 1. The summed E-state index contributed by atoms with van der Waals surface area (Å²) in [5, 5.41) is 1.04. The largest absolute Gasteiger partial charge is 0.495 e. The Morgan fingerprint density at radius 1 is 1.03 bits per heavy atom. The van der Waals surface area contributed by atoms with Gasteiger partial charge in [0.15, 0.2) is 0 Å². The van der Waals surface area contributed by atoms with Crippen molar-refractivity contribution in [1.29, 1.82) is 0 Å². The number of para-hydroxylation sites is 1. The highest BCUT2D eigenvalue weighted by Crippen LogP contribution is 2.34. The van der Waals surface area contributed by atoms with E-state index in [1.807, 2.05) is 12.1 Å². The fourth-order valence-corrected chi connectivity index (χ4v) is 5.96. The third kappa shape index (κ3) is 4.45. The Kier molecular flexibility index (Phi) is 7.12. The molecule has 1 saturated carbocycles. The van der Waals surface area contributed by atoms with E-state index >= 15 is 0 Å². The smallest absolute Gasteiger partial charge is 0.256 e. The zero-order valence-corrected chi connectivity index (χ0v) is 19.5. The summed E-state index contributed by atoms with van der Waals surface area (Å²) in [4.78, 5) is 18.3. The van der Waals surface area contributed by atoms with E-state index in [1.165, 1.54) is 57.9 Å². The summed E-state index contributed by atoms with van der Waals surface area (Å²) in [6.45, 7) is 4.91. The molecular weight excluding hydrogens is 410 g/mol. The van der Waals surface area contributed by atoms with Crippen molar-refractivity contribution >= 4 is 29.2 Å². The van der Waals surface area contributed by atoms with E-state index in [0.717, 1.165) is 48.4 Å². The number of amides is 1. The van der Waals surface area contributed by atoms with Crippen LogP contribution in [-0.4, -0.2) is 59.6 Å². The zero-order chi connectivity index (χ0) is 20.5. The van der Waals surface area contributed by atoms with Gasteiger partial charge in [-0.1, -0.05) is 37.8 Å². The Bertz CT molecular complexity index is 906. The van der Waals surface area contributed by atoms with Crippen LogP contribution in [0, 0.1) is 5.92 Å². The number of hydrogen-bond donors (Lipinski definition) is 0. The van der Waals surface area contributed by atoms with E-state index < -0.39 is 0 Å². The summed E-state index contributed by atoms with van der Waals surface area (Å²) in [6.07, 6.45) is 12.6. The third-order valence-electron chi connectivity index (χ3n) is 7.62. The minimum absolute atomic E-state index is 0. The standard InChI is InChI=1S/C25H35N3O2.ClH/c1-30-23-12-7-11-21-22(18-28(24(21)23)16-19-8-3-2-4-9-19)25(29)27-15-14-26-13-6-5-10-20(26)17-27;/h7,11-12,18-20H,2-6,8-10,13-17H2,1H3;1H/t20-;/m0./s1. The van der Waals surface area contributed by atoms with Gasteiger partial charge in [0, 0.05) is 43.8 Å². The lowest BCUT2D eigenvalue weighted by Crippen LogP contribution is -2.56. The maximum atomic E-state index is 13.6. The molecule has 2 aromatic rings. The van der Waals surface area contributed by atoms with Crippen molar-refractivity contribution in [3.8, 4) is 5.75 Å². The van der Waals surface area contributed by atoms with Crippen LogP contribution < -0.4 is 4.74 Å². The quantitative estimate of drug-likeness (QED) is 0.667. The van der Waals surface area contributed by atoms with Gasteiger partial charge < -0.3 is 14.2 Å². The van der Waals surface area contributed by atoms with Crippen LogP contribution in [-0.2, 0) is 6.54 Å². The number of hydrogen-bond acceptors (Lipinski definition) is 3. The minimum Gasteiger partial charge on any atom is -0.495 e. The second kappa shape index (κ2) is 9.83. The molecule has 31 heavy (non-hydrogen) atoms. The van der Waals surface area contributed by atoms with E-state index in [4.69, 9.17) is 4.74 Å². The van der Waals surface area contributed by atoms with Crippen LogP contribution in [0.3, 0.4) is 0 Å². The number of piperazine rings is 1. The van der Waals surface area contributed by atoms with Gasteiger partial charge in [0.2, 0.25) is 0 Å². The van der Waals surface area contributed by atoms with Crippen LogP contribution in [0.5, 0.6) is 5.75 Å². The first-order valence-corrected chi connectivity index (χ1v) is 11.9. The average molecular weight is 446 g/mol. The highest BCUT2D eigenvalue weighted by atomic mass is 35.5. The number of fused-ring (bicyclic) bond motifs is 2. The van der Waals surface area contributed by atoms with Crippen LogP contribution in [0.15, 0.2) is 24.4 Å². The van der Waals surface area contributed by atoms with Gasteiger partial charge in [0.1, 0.15) is 5.75 Å². The summed E-state index contributed by atoms with van der Waals surface area (Å²) in [5.74, 6) is 1.77. The summed E-state index contributed by atoms with van der Waals surface area (Å²) >= 11 is 0. The molecule has 0 spiro atoms. The van der Waals surface area contributed by atoms with Crippen LogP contribution in [0.4, 0.5) is 0 Å². The molecule has 3 fully saturated rings. The fourth-order valence-electron chi connectivity index (χ4n) is 5.96.